The van der Waals surface area contributed by atoms with E-state index < -0.39 is 0 Å². The van der Waals surface area contributed by atoms with Crippen LogP contribution in [-0.2, 0) is 0 Å². The lowest BCUT2D eigenvalue weighted by Crippen LogP contribution is -2.20. The molecule has 0 aromatic carbocycles. The SMILES string of the molecule is CC(C)(C)C1CC1.CCC1(C(C)(C)C)CC1. The molecule has 0 N–H and O–H groups in total. The van der Waals surface area contributed by atoms with E-state index in [4.69, 9.17) is 0 Å². The van der Waals surface area contributed by atoms with Gasteiger partial charge in [0.15, 0.2) is 0 Å². The topological polar surface area (TPSA) is 0 Å². The second-order valence-electron chi connectivity index (χ2n) is 8.02. The zero-order valence-corrected chi connectivity index (χ0v) is 12.6. The van der Waals surface area contributed by atoms with E-state index in [1.165, 1.54) is 32.1 Å². The summed E-state index contributed by atoms with van der Waals surface area (Å²) in [6.45, 7) is 16.4. The molecule has 2 saturated carbocycles. The molecule has 0 aromatic heterocycles. The highest BCUT2D eigenvalue weighted by Crippen LogP contribution is 2.60. The molecule has 2 fully saturated rings. The summed E-state index contributed by atoms with van der Waals surface area (Å²) < 4.78 is 0. The number of hydrogen-bond acceptors (Lipinski definition) is 0. The Kier molecular flexibility index (Phi) is 3.82. The smallest absolute Gasteiger partial charge is 0.0251 e. The van der Waals surface area contributed by atoms with Gasteiger partial charge in [-0.25, -0.2) is 0 Å². The Hall–Kier alpha value is 0. The minimum atomic E-state index is 0.557. The van der Waals surface area contributed by atoms with Gasteiger partial charge in [0, 0.05) is 0 Å². The summed E-state index contributed by atoms with van der Waals surface area (Å²) in [6, 6.07) is 0. The van der Waals surface area contributed by atoms with Crippen LogP contribution in [0.15, 0.2) is 0 Å². The molecule has 0 amide bonds. The van der Waals surface area contributed by atoms with Crippen molar-refractivity contribution >= 4 is 0 Å². The van der Waals surface area contributed by atoms with Crippen LogP contribution in [0.25, 0.3) is 0 Å². The Morgan fingerprint density at radius 1 is 0.938 bits per heavy atom. The Labute approximate surface area is 103 Å². The molecule has 96 valence electrons. The van der Waals surface area contributed by atoms with Crippen molar-refractivity contribution in [3.63, 3.8) is 0 Å². The summed E-state index contributed by atoms with van der Waals surface area (Å²) in [4.78, 5) is 0. The summed E-state index contributed by atoms with van der Waals surface area (Å²) >= 11 is 0. The molecule has 16 heavy (non-hydrogen) atoms. The van der Waals surface area contributed by atoms with Gasteiger partial charge in [0.05, 0.1) is 0 Å². The van der Waals surface area contributed by atoms with E-state index >= 15 is 0 Å². The summed E-state index contributed by atoms with van der Waals surface area (Å²) in [5.74, 6) is 1.05. The van der Waals surface area contributed by atoms with Crippen LogP contribution in [-0.4, -0.2) is 0 Å². The molecule has 0 atom stereocenters. The predicted molar refractivity (Wildman–Crippen MR) is 73.6 cm³/mol. The molecule has 0 unspecified atom stereocenters. The third-order valence-electron chi connectivity index (χ3n) is 4.92. The molecule has 0 radical (unpaired) electrons. The normalized spacial score (nSPS) is 23.4. The van der Waals surface area contributed by atoms with Gasteiger partial charge in [-0.1, -0.05) is 48.5 Å². The average Bonchev–Trinajstić information content (AvgIpc) is 2.98. The molecule has 2 aliphatic carbocycles. The molecule has 0 heterocycles. The fourth-order valence-electron chi connectivity index (χ4n) is 2.73. The molecule has 0 saturated heterocycles. The van der Waals surface area contributed by atoms with Gasteiger partial charge in [-0.3, -0.25) is 0 Å². The first-order valence-corrected chi connectivity index (χ1v) is 7.12. The number of rotatable bonds is 1. The minimum absolute atomic E-state index is 0.557. The second kappa shape index (κ2) is 4.35. The van der Waals surface area contributed by atoms with Crippen LogP contribution in [0.1, 0.15) is 80.6 Å². The maximum absolute atomic E-state index is 2.36. The third-order valence-corrected chi connectivity index (χ3v) is 4.92. The largest absolute Gasteiger partial charge is 0.0648 e. The molecule has 0 spiro atoms. The van der Waals surface area contributed by atoms with Crippen molar-refractivity contribution in [1.82, 2.24) is 0 Å². The van der Waals surface area contributed by atoms with Crippen molar-refractivity contribution in [3.8, 4) is 0 Å². The van der Waals surface area contributed by atoms with Crippen LogP contribution >= 0.6 is 0 Å². The zero-order valence-electron chi connectivity index (χ0n) is 12.6. The van der Waals surface area contributed by atoms with Crippen LogP contribution in [0.5, 0.6) is 0 Å². The molecular formula is C16H32. The van der Waals surface area contributed by atoms with Crippen LogP contribution in [0, 0.1) is 22.2 Å². The molecule has 2 aliphatic rings. The summed E-state index contributed by atoms with van der Waals surface area (Å²) in [7, 11) is 0. The zero-order chi connectivity index (χ0) is 12.6. The van der Waals surface area contributed by atoms with E-state index in [2.05, 4.69) is 48.5 Å². The monoisotopic (exact) mass is 224 g/mol. The molecule has 0 heteroatoms. The summed E-state index contributed by atoms with van der Waals surface area (Å²) in [5.41, 5.74) is 1.90. The van der Waals surface area contributed by atoms with E-state index in [0.717, 1.165) is 11.3 Å². The summed E-state index contributed by atoms with van der Waals surface area (Å²) in [5, 5.41) is 0. The highest BCUT2D eigenvalue weighted by atomic mass is 14.5. The van der Waals surface area contributed by atoms with Gasteiger partial charge in [-0.15, -0.1) is 0 Å². The maximum atomic E-state index is 2.36. The first kappa shape index (κ1) is 14.1. The van der Waals surface area contributed by atoms with Crippen molar-refractivity contribution in [2.45, 2.75) is 80.6 Å². The standard InChI is InChI=1S/C9H18.C7H14/c1-5-9(6-7-9)8(2,3)4;1-7(2,3)6-4-5-6/h5-7H2,1-4H3;6H,4-5H2,1-3H3. The number of hydrogen-bond donors (Lipinski definition) is 0. The first-order valence-electron chi connectivity index (χ1n) is 7.12. The van der Waals surface area contributed by atoms with Crippen molar-refractivity contribution in [2.24, 2.45) is 22.2 Å². The lowest BCUT2D eigenvalue weighted by atomic mass is 9.76. The van der Waals surface area contributed by atoms with E-state index in [-0.39, 0.29) is 0 Å². The van der Waals surface area contributed by atoms with Gasteiger partial charge in [-0.05, 0) is 54.3 Å². The highest BCUT2D eigenvalue weighted by Gasteiger charge is 2.49. The fraction of sp³-hybridized carbons (Fsp3) is 1.00. The van der Waals surface area contributed by atoms with E-state index in [1.807, 2.05) is 0 Å². The van der Waals surface area contributed by atoms with Gasteiger partial charge in [-0.2, -0.15) is 0 Å². The van der Waals surface area contributed by atoms with Gasteiger partial charge in [0.2, 0.25) is 0 Å². The Bertz CT molecular complexity index is 215. The molecular weight excluding hydrogens is 192 g/mol. The van der Waals surface area contributed by atoms with Crippen molar-refractivity contribution < 1.29 is 0 Å². The second-order valence-corrected chi connectivity index (χ2v) is 8.02. The van der Waals surface area contributed by atoms with Crippen LogP contribution in [0.3, 0.4) is 0 Å². The van der Waals surface area contributed by atoms with E-state index in [0.29, 0.717) is 10.8 Å². The summed E-state index contributed by atoms with van der Waals surface area (Å²) in [6.07, 6.45) is 7.25. The lowest BCUT2D eigenvalue weighted by Gasteiger charge is -2.29. The average molecular weight is 224 g/mol. The van der Waals surface area contributed by atoms with Crippen molar-refractivity contribution in [1.29, 1.82) is 0 Å². The molecule has 0 aromatic rings. The van der Waals surface area contributed by atoms with Crippen LogP contribution in [0.2, 0.25) is 0 Å². The van der Waals surface area contributed by atoms with Crippen molar-refractivity contribution in [2.75, 3.05) is 0 Å². The van der Waals surface area contributed by atoms with Crippen LogP contribution in [0.4, 0.5) is 0 Å². The van der Waals surface area contributed by atoms with Crippen LogP contribution < -0.4 is 0 Å². The lowest BCUT2D eigenvalue weighted by molar-refractivity contribution is 0.207. The highest BCUT2D eigenvalue weighted by molar-refractivity contribution is 5.00. The van der Waals surface area contributed by atoms with Gasteiger partial charge >= 0.3 is 0 Å². The van der Waals surface area contributed by atoms with Gasteiger partial charge < -0.3 is 0 Å². The fourth-order valence-corrected chi connectivity index (χ4v) is 2.73. The Balaban J connectivity index is 0.000000165. The molecule has 2 rings (SSSR count). The third kappa shape index (κ3) is 3.50. The Morgan fingerprint density at radius 2 is 1.38 bits per heavy atom. The molecule has 0 nitrogen and oxygen atoms in total. The Morgan fingerprint density at radius 3 is 1.38 bits per heavy atom. The molecule has 0 aliphatic heterocycles. The maximum Gasteiger partial charge on any atom is -0.0251 e. The quantitative estimate of drug-likeness (QED) is 0.538. The van der Waals surface area contributed by atoms with Gasteiger partial charge in [0.1, 0.15) is 0 Å². The van der Waals surface area contributed by atoms with Gasteiger partial charge in [0.25, 0.3) is 0 Å². The predicted octanol–water partition coefficient (Wildman–Crippen LogP) is 5.67. The molecule has 0 bridgehead atoms. The first-order chi connectivity index (χ1) is 7.12. The minimum Gasteiger partial charge on any atom is -0.0648 e. The van der Waals surface area contributed by atoms with Crippen molar-refractivity contribution in [3.05, 3.63) is 0 Å². The van der Waals surface area contributed by atoms with E-state index in [9.17, 15) is 0 Å². The van der Waals surface area contributed by atoms with E-state index in [1.54, 1.807) is 0 Å².